The molecule has 1 aliphatic rings. The van der Waals surface area contributed by atoms with Crippen LogP contribution in [0.5, 0.6) is 5.75 Å². The molecule has 1 atom stereocenters. The van der Waals surface area contributed by atoms with Crippen LogP contribution < -0.4 is 4.74 Å². The summed E-state index contributed by atoms with van der Waals surface area (Å²) in [5.41, 5.74) is 0.815. The van der Waals surface area contributed by atoms with Gasteiger partial charge in [0.15, 0.2) is 0 Å². The van der Waals surface area contributed by atoms with Gasteiger partial charge in [0.2, 0.25) is 0 Å². The summed E-state index contributed by atoms with van der Waals surface area (Å²) in [4.78, 5) is 31.4. The molecule has 25 heavy (non-hydrogen) atoms. The third-order valence-corrected chi connectivity index (χ3v) is 3.97. The number of hydrogen-bond acceptors (Lipinski definition) is 5. The predicted octanol–water partition coefficient (Wildman–Crippen LogP) is 2.56. The van der Waals surface area contributed by atoms with Gasteiger partial charge in [0.25, 0.3) is 11.8 Å². The lowest BCUT2D eigenvalue weighted by atomic mass is 9.98. The van der Waals surface area contributed by atoms with Crippen molar-refractivity contribution < 1.29 is 29.4 Å². The van der Waals surface area contributed by atoms with E-state index < -0.39 is 23.7 Å². The van der Waals surface area contributed by atoms with Crippen LogP contribution in [0.15, 0.2) is 36.4 Å². The van der Waals surface area contributed by atoms with Gasteiger partial charge in [0, 0.05) is 12.8 Å². The number of hydroxylamine groups is 2. The van der Waals surface area contributed by atoms with Crippen molar-refractivity contribution in [2.75, 3.05) is 7.11 Å². The number of hydrogen-bond donors (Lipinski definition) is 2. The summed E-state index contributed by atoms with van der Waals surface area (Å²) < 4.78 is 5.14. The molecular weight excluding hydrogens is 326 g/mol. The molecule has 0 unspecified atom stereocenters. The molecule has 0 radical (unpaired) electrons. The minimum atomic E-state index is -0.808. The monoisotopic (exact) mass is 345 g/mol. The van der Waals surface area contributed by atoms with Crippen molar-refractivity contribution in [2.45, 2.75) is 25.7 Å². The van der Waals surface area contributed by atoms with E-state index in [1.54, 1.807) is 14.0 Å². The second-order valence-corrected chi connectivity index (χ2v) is 5.63. The van der Waals surface area contributed by atoms with Gasteiger partial charge in [-0.15, -0.1) is 0 Å². The number of imide groups is 1. The van der Waals surface area contributed by atoms with Gasteiger partial charge in [-0.3, -0.25) is 19.6 Å². The van der Waals surface area contributed by atoms with Gasteiger partial charge in [-0.2, -0.15) is 5.06 Å². The summed E-state index contributed by atoms with van der Waals surface area (Å²) in [6.07, 6.45) is 0.296. The predicted molar refractivity (Wildman–Crippen MR) is 89.4 cm³/mol. The maximum atomic E-state index is 10.9. The number of nitrogens with zero attached hydrogens (tertiary/aromatic N) is 1. The third kappa shape index (κ3) is 4.33. The van der Waals surface area contributed by atoms with Crippen LogP contribution in [0.2, 0.25) is 0 Å². The highest BCUT2D eigenvalue weighted by atomic mass is 16.5. The van der Waals surface area contributed by atoms with Crippen LogP contribution >= 0.6 is 0 Å². The van der Waals surface area contributed by atoms with Crippen LogP contribution in [-0.4, -0.2) is 40.3 Å². The minimum absolute atomic E-state index is 0.148. The fourth-order valence-electron chi connectivity index (χ4n) is 2.35. The number of amides is 2. The number of rotatable bonds is 3. The Balaban J connectivity index is 0.000000236. The quantitative estimate of drug-likeness (QED) is 0.654. The van der Waals surface area contributed by atoms with Crippen molar-refractivity contribution in [3.05, 3.63) is 42.0 Å². The summed E-state index contributed by atoms with van der Waals surface area (Å²) in [6, 6.07) is 11.4. The van der Waals surface area contributed by atoms with Gasteiger partial charge in [0.05, 0.1) is 13.0 Å². The molecule has 0 aliphatic carbocycles. The second-order valence-electron chi connectivity index (χ2n) is 5.63. The Labute approximate surface area is 144 Å². The SMILES string of the molecule is COc1ccc2cc([C@H](C)C(=O)O)ccc2c1.O=C1CCC(=O)N1O. The zero-order chi connectivity index (χ0) is 18.6. The highest BCUT2D eigenvalue weighted by molar-refractivity contribution is 6.00. The molecule has 0 spiro atoms. The summed E-state index contributed by atoms with van der Waals surface area (Å²) in [6.45, 7) is 1.69. The molecule has 7 heteroatoms. The maximum Gasteiger partial charge on any atom is 0.310 e. The number of carbonyl (C=O) groups is 3. The van der Waals surface area contributed by atoms with Crippen LogP contribution in [0.4, 0.5) is 0 Å². The van der Waals surface area contributed by atoms with Crippen molar-refractivity contribution >= 4 is 28.6 Å². The molecule has 3 rings (SSSR count). The third-order valence-electron chi connectivity index (χ3n) is 3.97. The van der Waals surface area contributed by atoms with Crippen LogP contribution in [0.3, 0.4) is 0 Å². The van der Waals surface area contributed by atoms with E-state index in [9.17, 15) is 14.4 Å². The molecule has 1 fully saturated rings. The van der Waals surface area contributed by atoms with Gasteiger partial charge < -0.3 is 9.84 Å². The van der Waals surface area contributed by atoms with Crippen molar-refractivity contribution in [2.24, 2.45) is 0 Å². The zero-order valence-corrected chi connectivity index (χ0v) is 13.9. The Kier molecular flexibility index (Phi) is 5.71. The number of carbonyl (C=O) groups excluding carboxylic acids is 2. The highest BCUT2D eigenvalue weighted by Gasteiger charge is 2.26. The number of methoxy groups -OCH3 is 1. The first kappa shape index (κ1) is 18.4. The molecule has 0 aromatic heterocycles. The molecule has 0 bridgehead atoms. The molecule has 2 N–H and O–H groups in total. The van der Waals surface area contributed by atoms with E-state index in [1.165, 1.54) is 0 Å². The van der Waals surface area contributed by atoms with E-state index in [0.717, 1.165) is 22.1 Å². The average Bonchev–Trinajstić information content (AvgIpc) is 2.91. The summed E-state index contributed by atoms with van der Waals surface area (Å²) in [5, 5.41) is 19.6. The number of benzene rings is 2. The second kappa shape index (κ2) is 7.76. The Morgan fingerprint density at radius 2 is 1.64 bits per heavy atom. The van der Waals surface area contributed by atoms with E-state index in [2.05, 4.69) is 0 Å². The Bertz CT molecular complexity index is 800. The normalized spacial score (nSPS) is 14.9. The van der Waals surface area contributed by atoms with E-state index in [0.29, 0.717) is 0 Å². The lowest BCUT2D eigenvalue weighted by molar-refractivity contribution is -0.171. The fourth-order valence-corrected chi connectivity index (χ4v) is 2.35. The molecule has 1 aliphatic heterocycles. The van der Waals surface area contributed by atoms with Gasteiger partial charge in [0.1, 0.15) is 5.75 Å². The van der Waals surface area contributed by atoms with Gasteiger partial charge >= 0.3 is 5.97 Å². The number of carboxylic acids is 1. The van der Waals surface area contributed by atoms with Gasteiger partial charge in [-0.25, -0.2) is 0 Å². The summed E-state index contributed by atoms with van der Waals surface area (Å²) in [5.74, 6) is -1.50. The molecule has 2 amide bonds. The van der Waals surface area contributed by atoms with Crippen molar-refractivity contribution in [3.63, 3.8) is 0 Å². The average molecular weight is 345 g/mol. The number of aliphatic carboxylic acids is 1. The first-order chi connectivity index (χ1) is 11.8. The molecule has 2 aromatic rings. The number of fused-ring (bicyclic) bond motifs is 1. The van der Waals surface area contributed by atoms with Crippen LogP contribution in [0.25, 0.3) is 10.8 Å². The van der Waals surface area contributed by atoms with Crippen molar-refractivity contribution in [1.82, 2.24) is 5.06 Å². The number of ether oxygens (including phenoxy) is 1. The molecule has 1 heterocycles. The molecule has 2 aromatic carbocycles. The Morgan fingerprint density at radius 3 is 2.12 bits per heavy atom. The van der Waals surface area contributed by atoms with Crippen LogP contribution in [0, 0.1) is 0 Å². The maximum absolute atomic E-state index is 10.9. The highest BCUT2D eigenvalue weighted by Crippen LogP contribution is 2.25. The first-order valence-electron chi connectivity index (χ1n) is 7.68. The minimum Gasteiger partial charge on any atom is -0.497 e. The molecule has 132 valence electrons. The van der Waals surface area contributed by atoms with E-state index in [-0.39, 0.29) is 17.9 Å². The molecule has 7 nitrogen and oxygen atoms in total. The molecule has 1 saturated heterocycles. The summed E-state index contributed by atoms with van der Waals surface area (Å²) in [7, 11) is 1.63. The smallest absolute Gasteiger partial charge is 0.310 e. The molecular formula is C18H19NO6. The van der Waals surface area contributed by atoms with Gasteiger partial charge in [-0.05, 0) is 35.4 Å². The zero-order valence-electron chi connectivity index (χ0n) is 13.9. The van der Waals surface area contributed by atoms with E-state index in [1.807, 2.05) is 36.4 Å². The summed E-state index contributed by atoms with van der Waals surface area (Å²) >= 11 is 0. The van der Waals surface area contributed by atoms with Crippen molar-refractivity contribution in [1.29, 1.82) is 0 Å². The topological polar surface area (TPSA) is 104 Å². The lowest BCUT2D eigenvalue weighted by Gasteiger charge is -2.08. The van der Waals surface area contributed by atoms with Crippen molar-refractivity contribution in [3.8, 4) is 5.75 Å². The Hall–Kier alpha value is -2.93. The van der Waals surface area contributed by atoms with Crippen LogP contribution in [0.1, 0.15) is 31.2 Å². The first-order valence-corrected chi connectivity index (χ1v) is 7.68. The number of carboxylic acid groups (broad SMARTS) is 1. The standard InChI is InChI=1S/C14H14O3.C4H5NO3/c1-9(14(15)16)10-3-4-12-8-13(17-2)6-5-11(12)7-10;6-3-1-2-4(7)5(3)8/h3-9H,1-2H3,(H,15,16);8H,1-2H2/t9-;/m0./s1. The molecule has 0 saturated carbocycles. The van der Waals surface area contributed by atoms with E-state index in [4.69, 9.17) is 15.1 Å². The van der Waals surface area contributed by atoms with E-state index >= 15 is 0 Å². The van der Waals surface area contributed by atoms with Gasteiger partial charge in [-0.1, -0.05) is 24.3 Å². The largest absolute Gasteiger partial charge is 0.497 e. The lowest BCUT2D eigenvalue weighted by Crippen LogP contribution is -2.24. The van der Waals surface area contributed by atoms with Crippen LogP contribution in [-0.2, 0) is 14.4 Å². The Morgan fingerprint density at radius 1 is 1.08 bits per heavy atom. The fraction of sp³-hybridized carbons (Fsp3) is 0.278.